The third-order valence-corrected chi connectivity index (χ3v) is 2.98. The monoisotopic (exact) mass is 291 g/mol. The van der Waals surface area contributed by atoms with Crippen molar-refractivity contribution >= 4 is 22.5 Å². The molecule has 20 heavy (non-hydrogen) atoms. The standard InChI is InChI=1S/C12H10ClN5O2/c1-19-11-9(5-15-12(16-11)20-2)18-6-7-3-14-4-8(13)10(7)17-18/h3-6H,1-2H3. The molecule has 3 aromatic rings. The zero-order valence-corrected chi connectivity index (χ0v) is 11.5. The lowest BCUT2D eigenvalue weighted by Crippen LogP contribution is -2.03. The summed E-state index contributed by atoms with van der Waals surface area (Å²) >= 11 is 6.06. The first-order valence-corrected chi connectivity index (χ1v) is 6.05. The molecule has 0 saturated carbocycles. The first-order valence-electron chi connectivity index (χ1n) is 5.67. The van der Waals surface area contributed by atoms with Crippen LogP contribution in [0.4, 0.5) is 0 Å². The zero-order valence-electron chi connectivity index (χ0n) is 10.7. The van der Waals surface area contributed by atoms with Gasteiger partial charge in [-0.3, -0.25) is 4.98 Å². The van der Waals surface area contributed by atoms with Crippen molar-refractivity contribution in [1.29, 1.82) is 0 Å². The number of rotatable bonds is 3. The molecule has 3 heterocycles. The summed E-state index contributed by atoms with van der Waals surface area (Å²) in [5.74, 6) is 0.355. The molecule has 0 atom stereocenters. The maximum atomic E-state index is 6.06. The molecule has 0 radical (unpaired) electrons. The molecule has 0 N–H and O–H groups in total. The Labute approximate surface area is 119 Å². The lowest BCUT2D eigenvalue weighted by molar-refractivity contribution is 0.350. The Bertz CT molecular complexity index is 774. The van der Waals surface area contributed by atoms with E-state index in [1.165, 1.54) is 14.2 Å². The van der Waals surface area contributed by atoms with E-state index in [1.807, 2.05) is 0 Å². The van der Waals surface area contributed by atoms with Gasteiger partial charge in [0.25, 0.3) is 0 Å². The number of ether oxygens (including phenoxy) is 2. The Hall–Kier alpha value is -2.41. The van der Waals surface area contributed by atoms with Gasteiger partial charge in [0.2, 0.25) is 5.88 Å². The molecule has 0 aliphatic carbocycles. The molecular formula is C12H10ClN5O2. The summed E-state index contributed by atoms with van der Waals surface area (Å²) in [6, 6.07) is 0.224. The molecule has 0 bridgehead atoms. The largest absolute Gasteiger partial charge is 0.479 e. The quantitative estimate of drug-likeness (QED) is 0.733. The van der Waals surface area contributed by atoms with Crippen LogP contribution in [0.15, 0.2) is 24.8 Å². The zero-order chi connectivity index (χ0) is 14.1. The van der Waals surface area contributed by atoms with Crippen LogP contribution in [0, 0.1) is 0 Å². The number of halogens is 1. The number of nitrogens with zero attached hydrogens (tertiary/aromatic N) is 5. The molecule has 3 aromatic heterocycles. The van der Waals surface area contributed by atoms with Gasteiger partial charge < -0.3 is 9.47 Å². The van der Waals surface area contributed by atoms with Gasteiger partial charge in [-0.2, -0.15) is 10.1 Å². The number of aromatic nitrogens is 5. The Morgan fingerprint density at radius 3 is 2.70 bits per heavy atom. The Balaban J connectivity index is 2.17. The fourth-order valence-corrected chi connectivity index (χ4v) is 1.99. The van der Waals surface area contributed by atoms with Crippen molar-refractivity contribution in [3.05, 3.63) is 29.8 Å². The van der Waals surface area contributed by atoms with Gasteiger partial charge in [0.15, 0.2) is 0 Å². The second-order valence-electron chi connectivity index (χ2n) is 3.88. The summed E-state index contributed by atoms with van der Waals surface area (Å²) in [7, 11) is 3.01. The van der Waals surface area contributed by atoms with Crippen LogP contribution in [0.2, 0.25) is 5.02 Å². The van der Waals surface area contributed by atoms with Crippen molar-refractivity contribution in [2.75, 3.05) is 14.2 Å². The maximum absolute atomic E-state index is 6.06. The van der Waals surface area contributed by atoms with Gasteiger partial charge in [-0.05, 0) is 0 Å². The predicted octanol–water partition coefficient (Wildman–Crippen LogP) is 1.88. The topological polar surface area (TPSA) is 75.0 Å². The summed E-state index contributed by atoms with van der Waals surface area (Å²) in [6.45, 7) is 0. The van der Waals surface area contributed by atoms with Crippen molar-refractivity contribution in [1.82, 2.24) is 24.7 Å². The maximum Gasteiger partial charge on any atom is 0.319 e. The van der Waals surface area contributed by atoms with Gasteiger partial charge in [0.05, 0.1) is 25.4 Å². The van der Waals surface area contributed by atoms with Gasteiger partial charge in [0, 0.05) is 24.0 Å². The summed E-state index contributed by atoms with van der Waals surface area (Å²) in [6.07, 6.45) is 6.57. The molecule has 0 fully saturated rings. The van der Waals surface area contributed by atoms with Crippen LogP contribution >= 0.6 is 11.6 Å². The van der Waals surface area contributed by atoms with Crippen molar-refractivity contribution in [3.63, 3.8) is 0 Å². The third kappa shape index (κ3) is 2.01. The SMILES string of the molecule is COc1ncc(-n2cc3cncc(Cl)c3n2)c(OC)n1. The molecule has 0 amide bonds. The second kappa shape index (κ2) is 4.93. The predicted molar refractivity (Wildman–Crippen MR) is 72.6 cm³/mol. The average molecular weight is 292 g/mol. The summed E-state index contributed by atoms with van der Waals surface area (Å²) in [5.41, 5.74) is 1.24. The lowest BCUT2D eigenvalue weighted by atomic mass is 10.3. The highest BCUT2D eigenvalue weighted by Crippen LogP contribution is 2.25. The summed E-state index contributed by atoms with van der Waals surface area (Å²) in [4.78, 5) is 12.2. The van der Waals surface area contributed by atoms with Crippen LogP contribution in [0.5, 0.6) is 11.9 Å². The smallest absolute Gasteiger partial charge is 0.319 e. The molecule has 0 aromatic carbocycles. The molecule has 0 aliphatic heterocycles. The summed E-state index contributed by atoms with van der Waals surface area (Å²) in [5, 5.41) is 5.69. The first-order chi connectivity index (χ1) is 9.72. The van der Waals surface area contributed by atoms with Crippen molar-refractivity contribution in [3.8, 4) is 17.6 Å². The second-order valence-corrected chi connectivity index (χ2v) is 4.29. The van der Waals surface area contributed by atoms with Crippen LogP contribution in [0.25, 0.3) is 16.6 Å². The molecule has 7 nitrogen and oxygen atoms in total. The molecule has 3 rings (SSSR count). The van der Waals surface area contributed by atoms with Crippen LogP contribution in [0.1, 0.15) is 0 Å². The minimum absolute atomic E-state index is 0.224. The molecule has 0 aliphatic rings. The lowest BCUT2D eigenvalue weighted by Gasteiger charge is -2.07. The molecule has 0 unspecified atom stereocenters. The van der Waals surface area contributed by atoms with E-state index in [-0.39, 0.29) is 6.01 Å². The Morgan fingerprint density at radius 2 is 2.00 bits per heavy atom. The average Bonchev–Trinajstić information content (AvgIpc) is 2.92. The van der Waals surface area contributed by atoms with E-state index in [0.717, 1.165) is 5.39 Å². The number of fused-ring (bicyclic) bond motifs is 1. The Morgan fingerprint density at radius 1 is 1.15 bits per heavy atom. The number of methoxy groups -OCH3 is 2. The number of hydrogen-bond donors (Lipinski definition) is 0. The minimum Gasteiger partial charge on any atom is -0.479 e. The van der Waals surface area contributed by atoms with E-state index in [1.54, 1.807) is 29.5 Å². The van der Waals surface area contributed by atoms with Crippen LogP contribution in [-0.4, -0.2) is 39.0 Å². The van der Waals surface area contributed by atoms with Crippen molar-refractivity contribution in [2.24, 2.45) is 0 Å². The molecule has 0 spiro atoms. The van der Waals surface area contributed by atoms with E-state index >= 15 is 0 Å². The molecular weight excluding hydrogens is 282 g/mol. The van der Waals surface area contributed by atoms with Gasteiger partial charge in [-0.25, -0.2) is 9.67 Å². The van der Waals surface area contributed by atoms with Gasteiger partial charge in [-0.15, -0.1) is 0 Å². The fourth-order valence-electron chi connectivity index (χ4n) is 1.79. The van der Waals surface area contributed by atoms with Crippen molar-refractivity contribution in [2.45, 2.75) is 0 Å². The van der Waals surface area contributed by atoms with E-state index in [2.05, 4.69) is 20.1 Å². The summed E-state index contributed by atoms with van der Waals surface area (Å²) < 4.78 is 11.8. The van der Waals surface area contributed by atoms with Crippen molar-refractivity contribution < 1.29 is 9.47 Å². The van der Waals surface area contributed by atoms with Crippen LogP contribution < -0.4 is 9.47 Å². The van der Waals surface area contributed by atoms with E-state index in [9.17, 15) is 0 Å². The van der Waals surface area contributed by atoms with Gasteiger partial charge >= 0.3 is 6.01 Å². The normalized spacial score (nSPS) is 10.8. The third-order valence-electron chi connectivity index (χ3n) is 2.71. The molecule has 0 saturated heterocycles. The fraction of sp³-hybridized carbons (Fsp3) is 0.167. The Kier molecular flexibility index (Phi) is 3.11. The highest BCUT2D eigenvalue weighted by molar-refractivity contribution is 6.34. The first kappa shape index (κ1) is 12.6. The van der Waals surface area contributed by atoms with E-state index < -0.39 is 0 Å². The van der Waals surface area contributed by atoms with Gasteiger partial charge in [0.1, 0.15) is 11.2 Å². The van der Waals surface area contributed by atoms with Gasteiger partial charge in [-0.1, -0.05) is 11.6 Å². The highest BCUT2D eigenvalue weighted by atomic mass is 35.5. The number of pyridine rings is 1. The highest BCUT2D eigenvalue weighted by Gasteiger charge is 2.13. The van der Waals surface area contributed by atoms with Crippen LogP contribution in [-0.2, 0) is 0 Å². The minimum atomic E-state index is 0.224. The van der Waals surface area contributed by atoms with Crippen LogP contribution in [0.3, 0.4) is 0 Å². The molecule has 8 heteroatoms. The number of hydrogen-bond acceptors (Lipinski definition) is 6. The molecule has 102 valence electrons. The van der Waals surface area contributed by atoms with E-state index in [4.69, 9.17) is 21.1 Å². The van der Waals surface area contributed by atoms with E-state index in [0.29, 0.717) is 22.1 Å².